The number of hydrogen-bond acceptors (Lipinski definition) is 2. The summed E-state index contributed by atoms with van der Waals surface area (Å²) in [4.78, 5) is 11.9. The predicted octanol–water partition coefficient (Wildman–Crippen LogP) is 4.23. The van der Waals surface area contributed by atoms with Crippen molar-refractivity contribution in [2.45, 2.75) is 19.8 Å². The Bertz CT molecular complexity index is 631. The minimum Gasteiger partial charge on any atom is -0.267 e. The number of hydrogen-bond donors (Lipinski definition) is 1. The quantitative estimate of drug-likeness (QED) is 0.666. The van der Waals surface area contributed by atoms with Crippen LogP contribution >= 0.6 is 11.6 Å². The van der Waals surface area contributed by atoms with Crippen molar-refractivity contribution in [3.05, 3.63) is 70.2 Å². The number of carbonyl (C=O) groups is 1. The lowest BCUT2D eigenvalue weighted by atomic mass is 10.0. The summed E-state index contributed by atoms with van der Waals surface area (Å²) < 4.78 is 0. The first-order chi connectivity index (χ1) is 10.1. The molecule has 0 bridgehead atoms. The van der Waals surface area contributed by atoms with E-state index in [0.717, 1.165) is 5.56 Å². The molecular weight excluding hydrogens is 284 g/mol. The summed E-state index contributed by atoms with van der Waals surface area (Å²) in [5, 5.41) is 4.61. The van der Waals surface area contributed by atoms with Crippen molar-refractivity contribution < 1.29 is 4.79 Å². The Balaban J connectivity index is 1.96. The van der Waals surface area contributed by atoms with Gasteiger partial charge in [0.05, 0.1) is 6.21 Å². The molecular formula is C17H17ClN2O. The third-order valence-corrected chi connectivity index (χ3v) is 3.34. The van der Waals surface area contributed by atoms with Gasteiger partial charge in [-0.05, 0) is 41.3 Å². The molecule has 0 radical (unpaired) electrons. The molecule has 0 spiro atoms. The molecule has 108 valence electrons. The van der Waals surface area contributed by atoms with E-state index in [1.807, 2.05) is 36.4 Å². The molecule has 0 unspecified atom stereocenters. The molecule has 1 amide bonds. The number of amides is 1. The monoisotopic (exact) mass is 300 g/mol. The first-order valence-electron chi connectivity index (χ1n) is 6.75. The SMILES string of the molecule is CC(C)c1ccc(C(=O)N/N=C/c2ccc(Cl)cc2)cc1. The van der Waals surface area contributed by atoms with Crippen LogP contribution in [0.4, 0.5) is 0 Å². The van der Waals surface area contributed by atoms with Crippen molar-refractivity contribution in [3.8, 4) is 0 Å². The Morgan fingerprint density at radius 1 is 1.10 bits per heavy atom. The van der Waals surface area contributed by atoms with Crippen LogP contribution in [-0.4, -0.2) is 12.1 Å². The minimum atomic E-state index is -0.226. The highest BCUT2D eigenvalue weighted by molar-refractivity contribution is 6.30. The van der Waals surface area contributed by atoms with Crippen LogP contribution in [0.15, 0.2) is 53.6 Å². The first-order valence-corrected chi connectivity index (χ1v) is 7.13. The van der Waals surface area contributed by atoms with Crippen LogP contribution < -0.4 is 5.43 Å². The summed E-state index contributed by atoms with van der Waals surface area (Å²) in [5.74, 6) is 0.223. The van der Waals surface area contributed by atoms with E-state index < -0.39 is 0 Å². The van der Waals surface area contributed by atoms with Crippen LogP contribution in [0.5, 0.6) is 0 Å². The molecule has 0 saturated heterocycles. The number of nitrogens with zero attached hydrogens (tertiary/aromatic N) is 1. The number of carbonyl (C=O) groups excluding carboxylic acids is 1. The van der Waals surface area contributed by atoms with Gasteiger partial charge in [-0.15, -0.1) is 0 Å². The normalized spacial score (nSPS) is 11.0. The zero-order valence-corrected chi connectivity index (χ0v) is 12.8. The van der Waals surface area contributed by atoms with Gasteiger partial charge in [0.15, 0.2) is 0 Å². The molecule has 0 atom stereocenters. The fourth-order valence-corrected chi connectivity index (χ4v) is 1.92. The molecule has 0 aromatic heterocycles. The van der Waals surface area contributed by atoms with Gasteiger partial charge in [-0.2, -0.15) is 5.10 Å². The molecule has 1 N–H and O–H groups in total. The van der Waals surface area contributed by atoms with Crippen molar-refractivity contribution >= 4 is 23.7 Å². The van der Waals surface area contributed by atoms with Crippen LogP contribution in [0.1, 0.15) is 41.3 Å². The van der Waals surface area contributed by atoms with E-state index in [-0.39, 0.29) is 5.91 Å². The summed E-state index contributed by atoms with van der Waals surface area (Å²) in [5.41, 5.74) is 5.17. The molecule has 0 saturated carbocycles. The van der Waals surface area contributed by atoms with E-state index in [1.165, 1.54) is 5.56 Å². The van der Waals surface area contributed by atoms with Gasteiger partial charge in [0.25, 0.3) is 5.91 Å². The molecule has 0 fully saturated rings. The summed E-state index contributed by atoms with van der Waals surface area (Å²) in [6.45, 7) is 4.23. The highest BCUT2D eigenvalue weighted by Crippen LogP contribution is 2.14. The number of benzene rings is 2. The maximum absolute atomic E-state index is 11.9. The van der Waals surface area contributed by atoms with Crippen LogP contribution in [0.2, 0.25) is 5.02 Å². The first kappa shape index (κ1) is 15.3. The zero-order valence-electron chi connectivity index (χ0n) is 12.0. The number of hydrazone groups is 1. The second-order valence-corrected chi connectivity index (χ2v) is 5.46. The van der Waals surface area contributed by atoms with Gasteiger partial charge in [-0.1, -0.05) is 49.7 Å². The zero-order chi connectivity index (χ0) is 15.2. The lowest BCUT2D eigenvalue weighted by Crippen LogP contribution is -2.17. The summed E-state index contributed by atoms with van der Waals surface area (Å²) in [6.07, 6.45) is 1.58. The maximum Gasteiger partial charge on any atom is 0.271 e. The average Bonchev–Trinajstić information content (AvgIpc) is 2.49. The lowest BCUT2D eigenvalue weighted by molar-refractivity contribution is 0.0955. The largest absolute Gasteiger partial charge is 0.271 e. The second kappa shape index (κ2) is 7.04. The molecule has 2 aromatic carbocycles. The average molecular weight is 301 g/mol. The third kappa shape index (κ3) is 4.43. The number of rotatable bonds is 4. The van der Waals surface area contributed by atoms with Crippen LogP contribution in [0.3, 0.4) is 0 Å². The summed E-state index contributed by atoms with van der Waals surface area (Å²) >= 11 is 5.80. The Labute approximate surface area is 129 Å². The number of halogens is 1. The molecule has 21 heavy (non-hydrogen) atoms. The van der Waals surface area contributed by atoms with Gasteiger partial charge in [0, 0.05) is 10.6 Å². The van der Waals surface area contributed by atoms with Crippen LogP contribution in [0, 0.1) is 0 Å². The van der Waals surface area contributed by atoms with Gasteiger partial charge in [0.1, 0.15) is 0 Å². The van der Waals surface area contributed by atoms with Gasteiger partial charge >= 0.3 is 0 Å². The Hall–Kier alpha value is -2.13. The molecule has 0 aliphatic carbocycles. The molecule has 4 heteroatoms. The second-order valence-electron chi connectivity index (χ2n) is 5.03. The number of nitrogens with one attached hydrogen (secondary N) is 1. The van der Waals surface area contributed by atoms with E-state index >= 15 is 0 Å². The molecule has 0 heterocycles. The van der Waals surface area contributed by atoms with Gasteiger partial charge < -0.3 is 0 Å². The molecule has 0 aliphatic heterocycles. The van der Waals surface area contributed by atoms with Gasteiger partial charge in [-0.3, -0.25) is 4.79 Å². The summed E-state index contributed by atoms with van der Waals surface area (Å²) in [6, 6.07) is 14.7. The molecule has 2 aromatic rings. The fraction of sp³-hybridized carbons (Fsp3) is 0.176. The lowest BCUT2D eigenvalue weighted by Gasteiger charge is -2.05. The fourth-order valence-electron chi connectivity index (χ4n) is 1.80. The van der Waals surface area contributed by atoms with Crippen molar-refractivity contribution in [2.75, 3.05) is 0 Å². The van der Waals surface area contributed by atoms with E-state index in [1.54, 1.807) is 18.3 Å². The summed E-state index contributed by atoms with van der Waals surface area (Å²) in [7, 11) is 0. The van der Waals surface area contributed by atoms with Gasteiger partial charge in [0.2, 0.25) is 0 Å². The molecule has 0 aliphatic rings. The van der Waals surface area contributed by atoms with Crippen LogP contribution in [-0.2, 0) is 0 Å². The Morgan fingerprint density at radius 2 is 1.71 bits per heavy atom. The van der Waals surface area contributed by atoms with Crippen LogP contribution in [0.25, 0.3) is 0 Å². The van der Waals surface area contributed by atoms with Crippen molar-refractivity contribution in [3.63, 3.8) is 0 Å². The van der Waals surface area contributed by atoms with Crippen molar-refractivity contribution in [2.24, 2.45) is 5.10 Å². The van der Waals surface area contributed by atoms with Crippen molar-refractivity contribution in [1.82, 2.24) is 5.43 Å². The standard InChI is InChI=1S/C17H17ClN2O/c1-12(2)14-5-7-15(8-6-14)17(21)20-19-11-13-3-9-16(18)10-4-13/h3-12H,1-2H3,(H,20,21)/b19-11+. The molecule has 3 nitrogen and oxygen atoms in total. The highest BCUT2D eigenvalue weighted by atomic mass is 35.5. The van der Waals surface area contributed by atoms with E-state index in [4.69, 9.17) is 11.6 Å². The molecule has 2 rings (SSSR count). The Morgan fingerprint density at radius 3 is 2.29 bits per heavy atom. The predicted molar refractivity (Wildman–Crippen MR) is 87.0 cm³/mol. The third-order valence-electron chi connectivity index (χ3n) is 3.09. The topological polar surface area (TPSA) is 41.5 Å². The van der Waals surface area contributed by atoms with E-state index in [2.05, 4.69) is 24.4 Å². The minimum absolute atomic E-state index is 0.226. The smallest absolute Gasteiger partial charge is 0.267 e. The maximum atomic E-state index is 11.9. The Kier molecular flexibility index (Phi) is 5.12. The van der Waals surface area contributed by atoms with E-state index in [9.17, 15) is 4.79 Å². The highest BCUT2D eigenvalue weighted by Gasteiger charge is 2.05. The van der Waals surface area contributed by atoms with Gasteiger partial charge in [-0.25, -0.2) is 5.43 Å². The van der Waals surface area contributed by atoms with Crippen molar-refractivity contribution in [1.29, 1.82) is 0 Å². The van der Waals surface area contributed by atoms with E-state index in [0.29, 0.717) is 16.5 Å².